The minimum absolute atomic E-state index is 0.0186. The number of nitrogens with zero attached hydrogens (tertiary/aromatic N) is 5. The lowest BCUT2D eigenvalue weighted by molar-refractivity contribution is -0.138. The number of amides is 2. The molecular weight excluding hydrogens is 384 g/mol. The number of hydrogen-bond donors (Lipinski definition) is 1. The molecule has 0 bridgehead atoms. The highest BCUT2D eigenvalue weighted by atomic mass is 16.5. The summed E-state index contributed by atoms with van der Waals surface area (Å²) in [4.78, 5) is 29.2. The van der Waals surface area contributed by atoms with Crippen LogP contribution in [0.4, 0.5) is 0 Å². The lowest BCUT2D eigenvalue weighted by Gasteiger charge is -2.33. The van der Waals surface area contributed by atoms with Crippen molar-refractivity contribution in [2.45, 2.75) is 25.8 Å². The fourth-order valence-electron chi connectivity index (χ4n) is 4.17. The first-order valence-electron chi connectivity index (χ1n) is 10.8. The first-order valence-corrected chi connectivity index (χ1v) is 10.8. The van der Waals surface area contributed by atoms with Gasteiger partial charge in [0.05, 0.1) is 31.2 Å². The van der Waals surface area contributed by atoms with Crippen molar-refractivity contribution >= 4 is 22.8 Å². The lowest BCUT2D eigenvalue weighted by Crippen LogP contribution is -2.47. The molecule has 3 heterocycles. The van der Waals surface area contributed by atoms with Gasteiger partial charge in [-0.2, -0.15) is 0 Å². The van der Waals surface area contributed by atoms with E-state index in [1.165, 1.54) is 0 Å². The molecule has 2 fully saturated rings. The number of rotatable bonds is 8. The Balaban J connectivity index is 1.21. The van der Waals surface area contributed by atoms with Gasteiger partial charge in [0.1, 0.15) is 5.52 Å². The van der Waals surface area contributed by atoms with Crippen LogP contribution in [0.5, 0.6) is 0 Å². The Morgan fingerprint density at radius 3 is 2.87 bits per heavy atom. The third-order valence-electron chi connectivity index (χ3n) is 5.92. The molecule has 0 unspecified atom stereocenters. The molecule has 1 aromatic heterocycles. The van der Waals surface area contributed by atoms with E-state index < -0.39 is 0 Å². The second-order valence-corrected chi connectivity index (χ2v) is 7.98. The third kappa shape index (κ3) is 5.14. The maximum Gasteiger partial charge on any atom is 0.224 e. The fraction of sp³-hybridized carbons (Fsp3) is 0.619. The van der Waals surface area contributed by atoms with Gasteiger partial charge in [0.2, 0.25) is 11.8 Å². The maximum atomic E-state index is 12.6. The second kappa shape index (κ2) is 9.99. The Morgan fingerprint density at radius 2 is 2.00 bits per heavy atom. The van der Waals surface area contributed by atoms with Gasteiger partial charge in [-0.15, -0.1) is 5.10 Å². The van der Waals surface area contributed by atoms with Crippen LogP contribution in [0.25, 0.3) is 11.0 Å². The van der Waals surface area contributed by atoms with Crippen molar-refractivity contribution in [3.63, 3.8) is 0 Å². The summed E-state index contributed by atoms with van der Waals surface area (Å²) in [5, 5.41) is 11.3. The van der Waals surface area contributed by atoms with E-state index in [1.54, 1.807) is 4.68 Å². The van der Waals surface area contributed by atoms with Crippen molar-refractivity contribution in [2.75, 3.05) is 52.5 Å². The monoisotopic (exact) mass is 414 g/mol. The summed E-state index contributed by atoms with van der Waals surface area (Å²) in [5.74, 6) is 0.0405. The number of ether oxygens (including phenoxy) is 1. The normalized spacial score (nSPS) is 20.6. The van der Waals surface area contributed by atoms with E-state index in [-0.39, 0.29) is 17.7 Å². The SMILES string of the molecule is O=C(NCCn1nnc2ccccc21)[C@H]1CCC(=O)N(CCCN2CCOCC2)C1. The van der Waals surface area contributed by atoms with Crippen LogP contribution in [-0.4, -0.2) is 89.1 Å². The van der Waals surface area contributed by atoms with Gasteiger partial charge in [0, 0.05) is 45.7 Å². The summed E-state index contributed by atoms with van der Waals surface area (Å²) in [6, 6.07) is 7.77. The zero-order valence-corrected chi connectivity index (χ0v) is 17.3. The Morgan fingerprint density at radius 1 is 1.17 bits per heavy atom. The first kappa shape index (κ1) is 20.7. The predicted octanol–water partition coefficient (Wildman–Crippen LogP) is 0.508. The molecule has 0 spiro atoms. The van der Waals surface area contributed by atoms with Crippen molar-refractivity contribution in [1.82, 2.24) is 30.1 Å². The van der Waals surface area contributed by atoms with Gasteiger partial charge in [-0.25, -0.2) is 4.68 Å². The van der Waals surface area contributed by atoms with E-state index in [9.17, 15) is 9.59 Å². The number of morpholine rings is 1. The number of para-hydroxylation sites is 1. The summed E-state index contributed by atoms with van der Waals surface area (Å²) in [6.45, 7) is 6.75. The van der Waals surface area contributed by atoms with Gasteiger partial charge >= 0.3 is 0 Å². The highest BCUT2D eigenvalue weighted by molar-refractivity contribution is 5.83. The molecule has 0 aliphatic carbocycles. The van der Waals surface area contributed by atoms with Gasteiger partial charge in [-0.1, -0.05) is 17.3 Å². The number of carbonyl (C=O) groups is 2. The average Bonchev–Trinajstić information content (AvgIpc) is 3.19. The topological polar surface area (TPSA) is 92.6 Å². The number of aromatic nitrogens is 3. The van der Waals surface area contributed by atoms with Crippen LogP contribution in [0.2, 0.25) is 0 Å². The molecule has 1 aromatic carbocycles. The summed E-state index contributed by atoms with van der Waals surface area (Å²) in [7, 11) is 0. The van der Waals surface area contributed by atoms with Crippen LogP contribution in [0.3, 0.4) is 0 Å². The van der Waals surface area contributed by atoms with Crippen LogP contribution < -0.4 is 5.32 Å². The van der Waals surface area contributed by atoms with E-state index in [2.05, 4.69) is 20.5 Å². The van der Waals surface area contributed by atoms with Crippen LogP contribution >= 0.6 is 0 Å². The second-order valence-electron chi connectivity index (χ2n) is 7.98. The molecule has 30 heavy (non-hydrogen) atoms. The van der Waals surface area contributed by atoms with E-state index >= 15 is 0 Å². The molecule has 2 amide bonds. The number of likely N-dealkylation sites (tertiary alicyclic amines) is 1. The van der Waals surface area contributed by atoms with Crippen molar-refractivity contribution in [2.24, 2.45) is 5.92 Å². The molecule has 2 aromatic rings. The largest absolute Gasteiger partial charge is 0.379 e. The minimum atomic E-state index is -0.140. The Bertz CT molecular complexity index is 863. The highest BCUT2D eigenvalue weighted by Crippen LogP contribution is 2.18. The number of carbonyl (C=O) groups excluding carboxylic acids is 2. The van der Waals surface area contributed by atoms with Gasteiger partial charge in [0.25, 0.3) is 0 Å². The highest BCUT2D eigenvalue weighted by Gasteiger charge is 2.29. The van der Waals surface area contributed by atoms with Gasteiger partial charge in [-0.05, 0) is 25.0 Å². The molecule has 1 atom stereocenters. The standard InChI is InChI=1S/C21H30N6O3/c28-20-7-6-17(16-26(20)10-3-9-25-12-14-30-15-13-25)21(29)22-8-11-27-19-5-2-1-4-18(19)23-24-27/h1-2,4-5,17H,3,6-16H2,(H,22,29)/t17-/m0/s1. The smallest absolute Gasteiger partial charge is 0.224 e. The van der Waals surface area contributed by atoms with Crippen LogP contribution in [-0.2, 0) is 20.9 Å². The van der Waals surface area contributed by atoms with Crippen molar-refractivity contribution in [3.8, 4) is 0 Å². The Labute approximate surface area is 176 Å². The van der Waals surface area contributed by atoms with Crippen LogP contribution in [0.15, 0.2) is 24.3 Å². The molecule has 9 nitrogen and oxygen atoms in total. The average molecular weight is 415 g/mol. The summed E-state index contributed by atoms with van der Waals surface area (Å²) in [6.07, 6.45) is 2.00. The quantitative estimate of drug-likeness (QED) is 0.677. The summed E-state index contributed by atoms with van der Waals surface area (Å²) >= 11 is 0. The zero-order valence-electron chi connectivity index (χ0n) is 17.3. The number of benzene rings is 1. The molecule has 4 rings (SSSR count). The Kier molecular flexibility index (Phi) is 6.91. The molecular formula is C21H30N6O3. The van der Waals surface area contributed by atoms with E-state index in [0.29, 0.717) is 39.0 Å². The number of piperidine rings is 1. The van der Waals surface area contributed by atoms with Gasteiger partial charge in [-0.3, -0.25) is 14.5 Å². The zero-order chi connectivity index (χ0) is 20.8. The first-order chi connectivity index (χ1) is 14.7. The van der Waals surface area contributed by atoms with E-state index in [1.807, 2.05) is 29.2 Å². The van der Waals surface area contributed by atoms with Crippen LogP contribution in [0.1, 0.15) is 19.3 Å². The molecule has 0 saturated carbocycles. The molecule has 1 N–H and O–H groups in total. The summed E-state index contributed by atoms with van der Waals surface area (Å²) in [5.41, 5.74) is 1.81. The van der Waals surface area contributed by atoms with Crippen molar-refractivity contribution in [3.05, 3.63) is 24.3 Å². The van der Waals surface area contributed by atoms with Gasteiger partial charge < -0.3 is 15.0 Å². The predicted molar refractivity (Wildman–Crippen MR) is 112 cm³/mol. The number of hydrogen-bond acceptors (Lipinski definition) is 6. The fourth-order valence-corrected chi connectivity index (χ4v) is 4.17. The molecule has 2 aliphatic rings. The van der Waals surface area contributed by atoms with Crippen molar-refractivity contribution < 1.29 is 14.3 Å². The summed E-state index contributed by atoms with van der Waals surface area (Å²) < 4.78 is 7.17. The number of fused-ring (bicyclic) bond motifs is 1. The maximum absolute atomic E-state index is 12.6. The molecule has 9 heteroatoms. The lowest BCUT2D eigenvalue weighted by atomic mass is 9.96. The Hall–Kier alpha value is -2.52. The van der Waals surface area contributed by atoms with E-state index in [4.69, 9.17) is 4.74 Å². The van der Waals surface area contributed by atoms with Crippen LogP contribution in [0, 0.1) is 5.92 Å². The molecule has 2 aliphatic heterocycles. The van der Waals surface area contributed by atoms with E-state index in [0.717, 1.165) is 50.3 Å². The van der Waals surface area contributed by atoms with Crippen molar-refractivity contribution in [1.29, 1.82) is 0 Å². The minimum Gasteiger partial charge on any atom is -0.379 e. The molecule has 0 radical (unpaired) electrons. The third-order valence-corrected chi connectivity index (χ3v) is 5.92. The van der Waals surface area contributed by atoms with Gasteiger partial charge in [0.15, 0.2) is 0 Å². The molecule has 162 valence electrons. The number of nitrogens with one attached hydrogen (secondary N) is 1. The molecule has 2 saturated heterocycles.